The van der Waals surface area contributed by atoms with Crippen LogP contribution in [0.1, 0.15) is 36.8 Å². The summed E-state index contributed by atoms with van der Waals surface area (Å²) in [5.74, 6) is 2.62. The first-order valence-corrected chi connectivity index (χ1v) is 11.2. The van der Waals surface area contributed by atoms with Gasteiger partial charge in [0, 0.05) is 28.8 Å². The van der Waals surface area contributed by atoms with Crippen molar-refractivity contribution in [3.05, 3.63) is 63.7 Å². The Balaban J connectivity index is 1.66. The highest BCUT2D eigenvalue weighted by molar-refractivity contribution is 6.07. The van der Waals surface area contributed by atoms with Crippen LogP contribution in [0.25, 0.3) is 0 Å². The van der Waals surface area contributed by atoms with Gasteiger partial charge in [-0.15, -0.1) is 6.42 Å². The molecule has 2 aromatic carbocycles. The summed E-state index contributed by atoms with van der Waals surface area (Å²) >= 11 is 0. The number of carbonyl (C=O) groups is 1. The van der Waals surface area contributed by atoms with E-state index in [1.807, 2.05) is 43.3 Å². The molecular weight excluding hydrogens is 422 g/mol. The Morgan fingerprint density at radius 3 is 2.85 bits per heavy atom. The molecule has 0 radical (unpaired) electrons. The highest BCUT2D eigenvalue weighted by Gasteiger charge is 2.73. The molecule has 0 bridgehead atoms. The number of terminal acetylenes is 1. The van der Waals surface area contributed by atoms with Gasteiger partial charge in [-0.05, 0) is 43.5 Å². The van der Waals surface area contributed by atoms with E-state index in [1.165, 1.54) is 0 Å². The molecule has 0 saturated carbocycles. The number of amides is 1. The summed E-state index contributed by atoms with van der Waals surface area (Å²) in [5.41, 5.74) is 0.758. The van der Waals surface area contributed by atoms with Crippen LogP contribution in [0.15, 0.2) is 42.5 Å². The van der Waals surface area contributed by atoms with Crippen LogP contribution < -0.4 is 14.8 Å². The number of ether oxygens (including phenoxy) is 2. The van der Waals surface area contributed by atoms with Gasteiger partial charge in [0.15, 0.2) is 17.0 Å². The van der Waals surface area contributed by atoms with E-state index in [9.17, 15) is 14.9 Å². The van der Waals surface area contributed by atoms with E-state index in [1.54, 1.807) is 6.07 Å². The fourth-order valence-corrected chi connectivity index (χ4v) is 6.01. The second-order valence-electron chi connectivity index (χ2n) is 8.56. The van der Waals surface area contributed by atoms with Crippen LogP contribution in [0.4, 0.5) is 5.69 Å². The minimum absolute atomic E-state index is 0.0941. The highest BCUT2D eigenvalue weighted by Crippen LogP contribution is 2.58. The average molecular weight is 447 g/mol. The number of rotatable bonds is 6. The molecule has 1 spiro atoms. The van der Waals surface area contributed by atoms with E-state index in [-0.39, 0.29) is 23.5 Å². The van der Waals surface area contributed by atoms with E-state index in [2.05, 4.69) is 16.1 Å². The maximum absolute atomic E-state index is 13.5. The van der Waals surface area contributed by atoms with Crippen molar-refractivity contribution in [2.75, 3.05) is 25.1 Å². The average Bonchev–Trinajstić information content (AvgIpc) is 3.46. The maximum atomic E-state index is 13.5. The number of anilines is 1. The Morgan fingerprint density at radius 2 is 2.09 bits per heavy atom. The second kappa shape index (κ2) is 8.09. The van der Waals surface area contributed by atoms with Crippen molar-refractivity contribution in [3.63, 3.8) is 0 Å². The lowest BCUT2D eigenvalue weighted by Crippen LogP contribution is -2.55. The Labute approximate surface area is 192 Å². The summed E-state index contributed by atoms with van der Waals surface area (Å²) in [6.45, 7) is 3.00. The Hall–Kier alpha value is -3.57. The molecule has 5 rings (SSSR count). The second-order valence-corrected chi connectivity index (χ2v) is 8.56. The lowest BCUT2D eigenvalue weighted by molar-refractivity contribution is -0.534. The van der Waals surface area contributed by atoms with Gasteiger partial charge in [-0.1, -0.05) is 30.2 Å². The molecule has 2 aromatic rings. The molecule has 4 atom stereocenters. The van der Waals surface area contributed by atoms with Gasteiger partial charge in [0.2, 0.25) is 0 Å². The Bertz CT molecular complexity index is 1160. The van der Waals surface area contributed by atoms with E-state index in [0.717, 1.165) is 18.4 Å². The van der Waals surface area contributed by atoms with Gasteiger partial charge in [-0.2, -0.15) is 0 Å². The number of nitrogens with zero attached hydrogens (tertiary/aromatic N) is 2. The van der Waals surface area contributed by atoms with Gasteiger partial charge >= 0.3 is 0 Å². The molecule has 170 valence electrons. The quantitative estimate of drug-likeness (QED) is 0.415. The minimum atomic E-state index is -1.34. The molecular formula is C25H25N3O5. The van der Waals surface area contributed by atoms with Crippen LogP contribution in [-0.4, -0.2) is 47.6 Å². The van der Waals surface area contributed by atoms with E-state index < -0.39 is 17.5 Å². The Morgan fingerprint density at radius 1 is 1.27 bits per heavy atom. The van der Waals surface area contributed by atoms with Crippen LogP contribution in [-0.2, 0) is 10.3 Å². The number of nitrogens with one attached hydrogen (secondary N) is 1. The van der Waals surface area contributed by atoms with Crippen molar-refractivity contribution >= 4 is 11.6 Å². The van der Waals surface area contributed by atoms with Crippen LogP contribution in [0.3, 0.4) is 0 Å². The van der Waals surface area contributed by atoms with Crippen molar-refractivity contribution in [3.8, 4) is 23.8 Å². The van der Waals surface area contributed by atoms with Crippen molar-refractivity contribution in [2.45, 2.75) is 43.3 Å². The molecule has 8 nitrogen and oxygen atoms in total. The zero-order valence-corrected chi connectivity index (χ0v) is 18.3. The number of nitro groups is 1. The van der Waals surface area contributed by atoms with Crippen LogP contribution in [0.2, 0.25) is 0 Å². The summed E-state index contributed by atoms with van der Waals surface area (Å²) in [6, 6.07) is 11.4. The molecule has 3 aliphatic heterocycles. The third-order valence-electron chi connectivity index (χ3n) is 7.06. The summed E-state index contributed by atoms with van der Waals surface area (Å²) in [4.78, 5) is 28.0. The normalized spacial score (nSPS) is 27.6. The summed E-state index contributed by atoms with van der Waals surface area (Å²) < 4.78 is 11.4. The molecule has 0 aromatic heterocycles. The van der Waals surface area contributed by atoms with E-state index in [0.29, 0.717) is 35.9 Å². The topological polar surface area (TPSA) is 93.9 Å². The van der Waals surface area contributed by atoms with Gasteiger partial charge < -0.3 is 14.8 Å². The fourth-order valence-electron chi connectivity index (χ4n) is 6.01. The molecule has 3 heterocycles. The lowest BCUT2D eigenvalue weighted by Gasteiger charge is -2.32. The van der Waals surface area contributed by atoms with Gasteiger partial charge in [0.05, 0.1) is 12.5 Å². The van der Waals surface area contributed by atoms with Gasteiger partial charge in [-0.25, -0.2) is 0 Å². The van der Waals surface area contributed by atoms with Crippen molar-refractivity contribution in [2.24, 2.45) is 0 Å². The number of carbonyl (C=O) groups excluding carboxylic acids is 1. The molecule has 8 heteroatoms. The zero-order valence-electron chi connectivity index (χ0n) is 18.3. The van der Waals surface area contributed by atoms with Crippen LogP contribution in [0.5, 0.6) is 11.5 Å². The fraction of sp³-hybridized carbons (Fsp3) is 0.400. The molecule has 0 unspecified atom stereocenters. The number of para-hydroxylation sites is 1. The molecule has 1 amide bonds. The first-order valence-electron chi connectivity index (χ1n) is 11.2. The smallest absolute Gasteiger partial charge is 0.256 e. The third-order valence-corrected chi connectivity index (χ3v) is 7.06. The van der Waals surface area contributed by atoms with Crippen molar-refractivity contribution in [1.29, 1.82) is 0 Å². The number of fused-ring (bicyclic) bond motifs is 4. The molecule has 1 N–H and O–H groups in total. The van der Waals surface area contributed by atoms with E-state index in [4.69, 9.17) is 15.9 Å². The molecule has 3 aliphatic rings. The Kier molecular flexibility index (Phi) is 5.22. The van der Waals surface area contributed by atoms with Gasteiger partial charge in [-0.3, -0.25) is 19.8 Å². The maximum Gasteiger partial charge on any atom is 0.256 e. The number of benzene rings is 2. The lowest BCUT2D eigenvalue weighted by atomic mass is 9.77. The molecule has 2 saturated heterocycles. The van der Waals surface area contributed by atoms with Crippen LogP contribution >= 0.6 is 0 Å². The number of hydrogen-bond donors (Lipinski definition) is 1. The van der Waals surface area contributed by atoms with E-state index >= 15 is 0 Å². The minimum Gasteiger partial charge on any atom is -0.490 e. The largest absolute Gasteiger partial charge is 0.490 e. The SMILES string of the molecule is C#CCOc1ccc([C@@H]2[C@@H]3CCCN3[C@@]3(C(=O)Nc4ccccc43)[C@@H]2[N+](=O)[O-])cc1OCC. The van der Waals surface area contributed by atoms with Gasteiger partial charge in [0.25, 0.3) is 11.9 Å². The zero-order chi connectivity index (χ0) is 23.2. The molecule has 33 heavy (non-hydrogen) atoms. The first kappa shape index (κ1) is 21.3. The third kappa shape index (κ3) is 3.00. The summed E-state index contributed by atoms with van der Waals surface area (Å²) in [6.07, 6.45) is 6.99. The van der Waals surface area contributed by atoms with Crippen LogP contribution in [0, 0.1) is 22.5 Å². The highest BCUT2D eigenvalue weighted by atomic mass is 16.6. The summed E-state index contributed by atoms with van der Waals surface area (Å²) in [7, 11) is 0. The predicted octanol–water partition coefficient (Wildman–Crippen LogP) is 3.15. The van der Waals surface area contributed by atoms with Crippen molar-refractivity contribution in [1.82, 2.24) is 4.90 Å². The van der Waals surface area contributed by atoms with Gasteiger partial charge in [0.1, 0.15) is 6.61 Å². The molecule has 2 fully saturated rings. The monoisotopic (exact) mass is 447 g/mol. The predicted molar refractivity (Wildman–Crippen MR) is 122 cm³/mol. The van der Waals surface area contributed by atoms with Crippen molar-refractivity contribution < 1.29 is 19.2 Å². The standard InChI is InChI=1S/C25H25N3O5/c1-3-14-33-20-12-11-16(15-21(20)32-4-2)22-19-10-7-13-27(19)25(23(22)28(30)31)17-8-5-6-9-18(17)26-24(25)29/h1,5-6,8-9,11-12,15,19,22-23H,4,7,10,13-14H2,2H3,(H,26,29)/t19-,22+,23+,25+/m0/s1. The summed E-state index contributed by atoms with van der Waals surface area (Å²) in [5, 5.41) is 15.6. The first-order chi connectivity index (χ1) is 16.0. The molecule has 0 aliphatic carbocycles. The number of hydrogen-bond acceptors (Lipinski definition) is 6.